The van der Waals surface area contributed by atoms with Gasteiger partial charge < -0.3 is 10.1 Å². The molecule has 5 heteroatoms. The third-order valence-corrected chi connectivity index (χ3v) is 3.07. The van der Waals surface area contributed by atoms with Gasteiger partial charge in [-0.05, 0) is 11.6 Å². The third-order valence-electron chi connectivity index (χ3n) is 2.65. The van der Waals surface area contributed by atoms with Crippen molar-refractivity contribution >= 4 is 36.5 Å². The van der Waals surface area contributed by atoms with Gasteiger partial charge in [0, 0.05) is 0 Å². The molecule has 0 saturated heterocycles. The molecule has 100 valence electrons. The van der Waals surface area contributed by atoms with Crippen LogP contribution in [0.2, 0.25) is 5.02 Å². The average molecular weight is 286 g/mol. The number of ether oxygens (including phenoxy) is 1. The molecule has 0 aliphatic heterocycles. The minimum absolute atomic E-state index is 0.0416. The highest BCUT2D eigenvalue weighted by Crippen LogP contribution is 2.18. The Kier molecular flexibility index (Phi) is 5.21. The fraction of sp³-hybridized carbons (Fsp3) is 0.133. The van der Waals surface area contributed by atoms with Crippen LogP contribution in [0.4, 0.5) is 5.69 Å². The Balaban J connectivity index is 1.82. The molecular formula is C15H13BClNO2. The van der Waals surface area contributed by atoms with E-state index in [0.29, 0.717) is 22.8 Å². The van der Waals surface area contributed by atoms with Gasteiger partial charge in [0.05, 0.1) is 17.3 Å². The first-order valence-corrected chi connectivity index (χ1v) is 6.50. The Bertz CT molecular complexity index is 590. The first-order valence-electron chi connectivity index (χ1n) is 6.12. The largest absolute Gasteiger partial charge is 0.367 e. The van der Waals surface area contributed by atoms with E-state index in [-0.39, 0.29) is 12.5 Å². The molecule has 2 radical (unpaired) electrons. The third kappa shape index (κ3) is 4.12. The van der Waals surface area contributed by atoms with Gasteiger partial charge in [0.1, 0.15) is 14.5 Å². The molecule has 0 spiro atoms. The molecule has 0 fully saturated rings. The van der Waals surface area contributed by atoms with Gasteiger partial charge in [-0.25, -0.2) is 0 Å². The topological polar surface area (TPSA) is 38.3 Å². The molecule has 0 aliphatic carbocycles. The summed E-state index contributed by atoms with van der Waals surface area (Å²) in [6.45, 7) is 0.346. The van der Waals surface area contributed by atoms with Crippen LogP contribution in [-0.2, 0) is 16.1 Å². The van der Waals surface area contributed by atoms with E-state index >= 15 is 0 Å². The van der Waals surface area contributed by atoms with Crippen molar-refractivity contribution in [1.82, 2.24) is 0 Å². The van der Waals surface area contributed by atoms with E-state index in [1.807, 2.05) is 30.3 Å². The van der Waals surface area contributed by atoms with Gasteiger partial charge in [0.2, 0.25) is 5.91 Å². The molecular weight excluding hydrogens is 272 g/mol. The number of nitrogens with one attached hydrogen (secondary N) is 1. The predicted octanol–water partition coefficient (Wildman–Crippen LogP) is 2.29. The van der Waals surface area contributed by atoms with Crippen molar-refractivity contribution < 1.29 is 9.53 Å². The van der Waals surface area contributed by atoms with Gasteiger partial charge in [0.15, 0.2) is 0 Å². The van der Waals surface area contributed by atoms with E-state index in [4.69, 9.17) is 24.2 Å². The van der Waals surface area contributed by atoms with Gasteiger partial charge in [-0.1, -0.05) is 59.5 Å². The van der Waals surface area contributed by atoms with Crippen LogP contribution < -0.4 is 10.8 Å². The first kappa shape index (κ1) is 14.6. The standard InChI is InChI=1S/C15H13BClNO2/c16-12-7-4-8-13(15(12)17)18-14(19)10-20-9-11-5-2-1-3-6-11/h1-8H,9-10H2,(H,18,19). The molecule has 0 heterocycles. The van der Waals surface area contributed by atoms with E-state index < -0.39 is 0 Å². The van der Waals surface area contributed by atoms with Gasteiger partial charge in [0.25, 0.3) is 0 Å². The average Bonchev–Trinajstić information content (AvgIpc) is 2.45. The molecule has 0 unspecified atom stereocenters. The van der Waals surface area contributed by atoms with Crippen LogP contribution >= 0.6 is 11.6 Å². The Morgan fingerprint density at radius 2 is 1.90 bits per heavy atom. The fourth-order valence-corrected chi connectivity index (χ4v) is 1.84. The van der Waals surface area contributed by atoms with E-state index in [1.165, 1.54) is 0 Å². The van der Waals surface area contributed by atoms with Crippen LogP contribution in [0.15, 0.2) is 48.5 Å². The summed E-state index contributed by atoms with van der Waals surface area (Å²) in [5.74, 6) is -0.270. The first-order chi connectivity index (χ1) is 9.66. The maximum atomic E-state index is 11.7. The highest BCUT2D eigenvalue weighted by atomic mass is 35.5. The molecule has 0 atom stereocenters. The van der Waals surface area contributed by atoms with Gasteiger partial charge in [-0.2, -0.15) is 0 Å². The Morgan fingerprint density at radius 3 is 2.65 bits per heavy atom. The summed E-state index contributed by atoms with van der Waals surface area (Å²) in [7, 11) is 5.66. The molecule has 0 saturated carbocycles. The Hall–Kier alpha value is -1.78. The number of halogens is 1. The maximum absolute atomic E-state index is 11.7. The van der Waals surface area contributed by atoms with Crippen molar-refractivity contribution in [2.45, 2.75) is 6.61 Å². The smallest absolute Gasteiger partial charge is 0.250 e. The lowest BCUT2D eigenvalue weighted by Crippen LogP contribution is -2.19. The maximum Gasteiger partial charge on any atom is 0.250 e. The summed E-state index contributed by atoms with van der Waals surface area (Å²) >= 11 is 5.99. The zero-order chi connectivity index (χ0) is 14.4. The van der Waals surface area contributed by atoms with E-state index in [9.17, 15) is 4.79 Å². The summed E-state index contributed by atoms with van der Waals surface area (Å²) in [6.07, 6.45) is 0. The minimum Gasteiger partial charge on any atom is -0.367 e. The van der Waals surface area contributed by atoms with Crippen LogP contribution in [0.1, 0.15) is 5.56 Å². The van der Waals surface area contributed by atoms with Gasteiger partial charge in [-0.15, -0.1) is 0 Å². The van der Waals surface area contributed by atoms with Crippen molar-refractivity contribution in [3.8, 4) is 0 Å². The predicted molar refractivity (Wildman–Crippen MR) is 81.6 cm³/mol. The molecule has 2 aromatic rings. The lowest BCUT2D eigenvalue weighted by Gasteiger charge is -2.09. The van der Waals surface area contributed by atoms with Crippen molar-refractivity contribution in [2.75, 3.05) is 11.9 Å². The highest BCUT2D eigenvalue weighted by Gasteiger charge is 2.07. The van der Waals surface area contributed by atoms with Crippen LogP contribution in [-0.4, -0.2) is 20.4 Å². The lowest BCUT2D eigenvalue weighted by atomic mass is 9.96. The fourth-order valence-electron chi connectivity index (χ4n) is 1.67. The van der Waals surface area contributed by atoms with Crippen molar-refractivity contribution in [1.29, 1.82) is 0 Å². The number of anilines is 1. The number of amides is 1. The summed E-state index contributed by atoms with van der Waals surface area (Å²) in [4.78, 5) is 11.7. The lowest BCUT2D eigenvalue weighted by molar-refractivity contribution is -0.121. The molecule has 1 N–H and O–H groups in total. The monoisotopic (exact) mass is 285 g/mol. The van der Waals surface area contributed by atoms with Crippen molar-refractivity contribution in [3.63, 3.8) is 0 Å². The van der Waals surface area contributed by atoms with Gasteiger partial charge >= 0.3 is 0 Å². The second-order valence-electron chi connectivity index (χ2n) is 4.24. The molecule has 20 heavy (non-hydrogen) atoms. The number of carbonyl (C=O) groups is 1. The SMILES string of the molecule is [B]c1cccc(NC(=O)COCc2ccccc2)c1Cl. The summed E-state index contributed by atoms with van der Waals surface area (Å²) in [5, 5.41) is 3.00. The normalized spacial score (nSPS) is 10.2. The molecule has 1 amide bonds. The molecule has 0 aliphatic rings. The summed E-state index contributed by atoms with van der Waals surface area (Å²) < 4.78 is 5.34. The summed E-state index contributed by atoms with van der Waals surface area (Å²) in [6, 6.07) is 14.7. The zero-order valence-electron chi connectivity index (χ0n) is 10.8. The molecule has 0 bridgehead atoms. The van der Waals surface area contributed by atoms with E-state index in [2.05, 4.69) is 5.32 Å². The van der Waals surface area contributed by atoms with Crippen molar-refractivity contribution in [3.05, 3.63) is 59.1 Å². The van der Waals surface area contributed by atoms with E-state index in [1.54, 1.807) is 18.2 Å². The second-order valence-corrected chi connectivity index (χ2v) is 4.61. The van der Waals surface area contributed by atoms with Gasteiger partial charge in [-0.3, -0.25) is 4.79 Å². The molecule has 2 aromatic carbocycles. The van der Waals surface area contributed by atoms with Crippen LogP contribution in [0.25, 0.3) is 0 Å². The van der Waals surface area contributed by atoms with Crippen LogP contribution in [0.5, 0.6) is 0 Å². The highest BCUT2D eigenvalue weighted by molar-refractivity contribution is 6.46. The Morgan fingerprint density at radius 1 is 1.15 bits per heavy atom. The number of hydrogen-bond acceptors (Lipinski definition) is 2. The molecule has 2 rings (SSSR count). The van der Waals surface area contributed by atoms with Crippen LogP contribution in [0, 0.1) is 0 Å². The molecule has 0 aromatic heterocycles. The van der Waals surface area contributed by atoms with Crippen LogP contribution in [0.3, 0.4) is 0 Å². The zero-order valence-corrected chi connectivity index (χ0v) is 11.6. The quantitative estimate of drug-likeness (QED) is 0.856. The number of hydrogen-bond donors (Lipinski definition) is 1. The van der Waals surface area contributed by atoms with E-state index in [0.717, 1.165) is 5.56 Å². The molecule has 3 nitrogen and oxygen atoms in total. The summed E-state index contributed by atoms with van der Waals surface area (Å²) in [5.41, 5.74) is 1.93. The number of benzene rings is 2. The second kappa shape index (κ2) is 7.13. The number of carbonyl (C=O) groups excluding carboxylic acids is 1. The minimum atomic E-state index is -0.270. The van der Waals surface area contributed by atoms with Crippen molar-refractivity contribution in [2.24, 2.45) is 0 Å². The Labute approximate surface area is 124 Å². The number of rotatable bonds is 5.